The topological polar surface area (TPSA) is 65.9 Å². The maximum Gasteiger partial charge on any atom is 0.307 e. The molecule has 0 radical (unpaired) electrons. The highest BCUT2D eigenvalue weighted by Crippen LogP contribution is 2.29. The Kier molecular flexibility index (Phi) is 5.73. The van der Waals surface area contributed by atoms with Gasteiger partial charge in [-0.1, -0.05) is 24.3 Å². The fourth-order valence-corrected chi connectivity index (χ4v) is 4.25. The highest BCUT2D eigenvalue weighted by Gasteiger charge is 2.20. The third-order valence-electron chi connectivity index (χ3n) is 4.99. The van der Waals surface area contributed by atoms with Crippen molar-refractivity contribution < 1.29 is 14.6 Å². The van der Waals surface area contributed by atoms with Gasteiger partial charge in [-0.25, -0.2) is 0 Å². The van der Waals surface area contributed by atoms with E-state index >= 15 is 0 Å². The summed E-state index contributed by atoms with van der Waals surface area (Å²) < 4.78 is 11.7. The highest BCUT2D eigenvalue weighted by molar-refractivity contribution is 7.13. The summed E-state index contributed by atoms with van der Waals surface area (Å²) >= 11 is 1.57. The van der Waals surface area contributed by atoms with Crippen molar-refractivity contribution in [1.82, 2.24) is 9.27 Å². The molecule has 0 unspecified atom stereocenters. The van der Waals surface area contributed by atoms with Crippen molar-refractivity contribution in [1.29, 1.82) is 0 Å². The van der Waals surface area contributed by atoms with Crippen LogP contribution in [0, 0.1) is 0 Å². The smallest absolute Gasteiger partial charge is 0.307 e. The average molecular weight is 398 g/mol. The molecule has 1 saturated heterocycles. The van der Waals surface area contributed by atoms with Gasteiger partial charge in [0.05, 0.1) is 11.1 Å². The van der Waals surface area contributed by atoms with Gasteiger partial charge in [0.1, 0.15) is 18.2 Å². The first-order valence-corrected chi connectivity index (χ1v) is 10.2. The molecule has 3 aromatic rings. The van der Waals surface area contributed by atoms with E-state index in [1.54, 1.807) is 23.7 Å². The van der Waals surface area contributed by atoms with Gasteiger partial charge in [-0.15, -0.1) is 0 Å². The molecule has 4 rings (SSSR count). The molecular formula is C21H23N3O3S. The van der Waals surface area contributed by atoms with E-state index in [2.05, 4.69) is 38.4 Å². The molecule has 2 heterocycles. The van der Waals surface area contributed by atoms with Gasteiger partial charge in [0, 0.05) is 38.1 Å². The van der Waals surface area contributed by atoms with E-state index in [4.69, 9.17) is 9.84 Å². The quantitative estimate of drug-likeness (QED) is 0.661. The lowest BCUT2D eigenvalue weighted by atomic mass is 10.1. The van der Waals surface area contributed by atoms with Crippen molar-refractivity contribution >= 4 is 33.4 Å². The number of aromatic nitrogens is 1. The number of hydrogen-bond acceptors (Lipinski definition) is 6. The highest BCUT2D eigenvalue weighted by atomic mass is 32.1. The van der Waals surface area contributed by atoms with Gasteiger partial charge < -0.3 is 14.7 Å². The van der Waals surface area contributed by atoms with Crippen molar-refractivity contribution in [2.45, 2.75) is 6.42 Å². The predicted molar refractivity (Wildman–Crippen MR) is 112 cm³/mol. The normalized spacial score (nSPS) is 15.1. The number of anilines is 1. The number of piperazine rings is 1. The fraction of sp³-hybridized carbons (Fsp3) is 0.333. The van der Waals surface area contributed by atoms with Gasteiger partial charge in [0.25, 0.3) is 0 Å². The molecule has 0 saturated carbocycles. The van der Waals surface area contributed by atoms with Crippen LogP contribution in [0.5, 0.6) is 5.75 Å². The van der Waals surface area contributed by atoms with E-state index in [1.807, 2.05) is 12.1 Å². The molecule has 1 aliphatic rings. The Morgan fingerprint density at radius 3 is 2.57 bits per heavy atom. The summed E-state index contributed by atoms with van der Waals surface area (Å²) in [5.74, 6) is 1.07. The summed E-state index contributed by atoms with van der Waals surface area (Å²) in [4.78, 5) is 15.5. The van der Waals surface area contributed by atoms with Crippen LogP contribution in [0.25, 0.3) is 10.1 Å². The lowest BCUT2D eigenvalue weighted by Gasteiger charge is -2.34. The predicted octanol–water partition coefficient (Wildman–Crippen LogP) is 3.12. The van der Waals surface area contributed by atoms with Gasteiger partial charge >= 0.3 is 5.97 Å². The molecule has 1 fully saturated rings. The number of benzene rings is 2. The average Bonchev–Trinajstić information content (AvgIpc) is 3.14. The zero-order valence-corrected chi connectivity index (χ0v) is 16.4. The van der Waals surface area contributed by atoms with E-state index in [0.717, 1.165) is 49.9 Å². The molecule has 0 bridgehead atoms. The summed E-state index contributed by atoms with van der Waals surface area (Å²) in [6.07, 6.45) is 0.0405. The molecule has 6 nitrogen and oxygen atoms in total. The summed E-state index contributed by atoms with van der Waals surface area (Å²) in [7, 11) is 0. The summed E-state index contributed by atoms with van der Waals surface area (Å²) in [6, 6.07) is 15.7. The summed E-state index contributed by atoms with van der Waals surface area (Å²) in [5, 5.41) is 10.1. The number of aliphatic carboxylic acids is 1. The van der Waals surface area contributed by atoms with Crippen LogP contribution in [-0.4, -0.2) is 59.7 Å². The molecule has 1 aromatic heterocycles. The third kappa shape index (κ3) is 4.43. The van der Waals surface area contributed by atoms with Crippen molar-refractivity contribution in [3.63, 3.8) is 0 Å². The fourth-order valence-electron chi connectivity index (χ4n) is 3.45. The van der Waals surface area contributed by atoms with Gasteiger partial charge in [-0.05, 0) is 41.4 Å². The van der Waals surface area contributed by atoms with Crippen LogP contribution >= 0.6 is 11.5 Å². The number of hydrogen-bond donors (Lipinski definition) is 1. The molecule has 0 spiro atoms. The second kappa shape index (κ2) is 8.58. The van der Waals surface area contributed by atoms with Crippen LogP contribution in [0.2, 0.25) is 0 Å². The first-order valence-electron chi connectivity index (χ1n) is 9.44. The number of carboxylic acids is 1. The Balaban J connectivity index is 1.23. The minimum absolute atomic E-state index is 0.0405. The van der Waals surface area contributed by atoms with Crippen molar-refractivity contribution in [2.24, 2.45) is 0 Å². The summed E-state index contributed by atoms with van der Waals surface area (Å²) in [6.45, 7) is 5.43. The van der Waals surface area contributed by atoms with Crippen molar-refractivity contribution in [2.75, 3.05) is 44.2 Å². The Bertz CT molecular complexity index is 933. The lowest BCUT2D eigenvalue weighted by Crippen LogP contribution is -2.47. The minimum Gasteiger partial charge on any atom is -0.492 e. The van der Waals surface area contributed by atoms with Crippen molar-refractivity contribution in [3.05, 3.63) is 54.1 Å². The molecule has 146 valence electrons. The molecular weight excluding hydrogens is 374 g/mol. The van der Waals surface area contributed by atoms with Crippen LogP contribution < -0.4 is 9.64 Å². The van der Waals surface area contributed by atoms with Gasteiger partial charge in [0.2, 0.25) is 0 Å². The molecule has 7 heteroatoms. The Morgan fingerprint density at radius 1 is 1.07 bits per heavy atom. The van der Waals surface area contributed by atoms with E-state index in [-0.39, 0.29) is 6.42 Å². The zero-order chi connectivity index (χ0) is 19.3. The van der Waals surface area contributed by atoms with Gasteiger partial charge in [0.15, 0.2) is 0 Å². The SMILES string of the molecule is O=C(O)Cc1ccc(OCCN2CCN(c3nsc4ccccc34)CC2)cc1. The zero-order valence-electron chi connectivity index (χ0n) is 15.6. The lowest BCUT2D eigenvalue weighted by molar-refractivity contribution is -0.136. The van der Waals surface area contributed by atoms with E-state index < -0.39 is 5.97 Å². The minimum atomic E-state index is -0.821. The van der Waals surface area contributed by atoms with Crippen LogP contribution in [0.1, 0.15) is 5.56 Å². The van der Waals surface area contributed by atoms with Crippen LogP contribution in [0.15, 0.2) is 48.5 Å². The Labute approximate surface area is 168 Å². The standard InChI is InChI=1S/C21H23N3O3S/c25-20(26)15-16-5-7-17(8-6-16)27-14-13-23-9-11-24(12-10-23)21-18-3-1-2-4-19(18)28-22-21/h1-8H,9-15H2,(H,25,26). The maximum absolute atomic E-state index is 10.7. The van der Waals surface area contributed by atoms with Gasteiger partial charge in [-0.3, -0.25) is 9.69 Å². The molecule has 2 aromatic carbocycles. The number of rotatable bonds is 7. The molecule has 0 amide bonds. The first kappa shape index (κ1) is 18.7. The number of ether oxygens (including phenoxy) is 1. The van der Waals surface area contributed by atoms with Crippen molar-refractivity contribution in [3.8, 4) is 5.75 Å². The molecule has 28 heavy (non-hydrogen) atoms. The van der Waals surface area contributed by atoms with E-state index in [1.165, 1.54) is 10.1 Å². The third-order valence-corrected chi connectivity index (χ3v) is 5.80. The molecule has 0 aliphatic carbocycles. The van der Waals surface area contributed by atoms with Crippen LogP contribution in [0.4, 0.5) is 5.82 Å². The van der Waals surface area contributed by atoms with Crippen LogP contribution in [0.3, 0.4) is 0 Å². The molecule has 1 aliphatic heterocycles. The second-order valence-electron chi connectivity index (χ2n) is 6.89. The Hall–Kier alpha value is -2.64. The number of fused-ring (bicyclic) bond motifs is 1. The molecule has 1 N–H and O–H groups in total. The van der Waals surface area contributed by atoms with E-state index in [0.29, 0.717) is 6.61 Å². The number of nitrogens with zero attached hydrogens (tertiary/aromatic N) is 3. The second-order valence-corrected chi connectivity index (χ2v) is 7.70. The number of carboxylic acid groups (broad SMARTS) is 1. The van der Waals surface area contributed by atoms with Gasteiger partial charge in [-0.2, -0.15) is 4.37 Å². The first-order chi connectivity index (χ1) is 13.7. The maximum atomic E-state index is 10.7. The number of carbonyl (C=O) groups is 1. The van der Waals surface area contributed by atoms with Crippen LogP contribution in [-0.2, 0) is 11.2 Å². The van der Waals surface area contributed by atoms with E-state index in [9.17, 15) is 4.79 Å². The molecule has 0 atom stereocenters. The largest absolute Gasteiger partial charge is 0.492 e. The Morgan fingerprint density at radius 2 is 1.82 bits per heavy atom. The summed E-state index contributed by atoms with van der Waals surface area (Å²) in [5.41, 5.74) is 0.783. The monoisotopic (exact) mass is 397 g/mol.